The molecule has 2 aromatic carbocycles. The van der Waals surface area contributed by atoms with Gasteiger partial charge in [0.15, 0.2) is 5.82 Å². The van der Waals surface area contributed by atoms with Crippen LogP contribution in [0.25, 0.3) is 6.08 Å². The second kappa shape index (κ2) is 9.39. The van der Waals surface area contributed by atoms with Crippen molar-refractivity contribution in [1.82, 2.24) is 19.2 Å². The predicted octanol–water partition coefficient (Wildman–Crippen LogP) is 5.52. The van der Waals surface area contributed by atoms with Gasteiger partial charge in [0.05, 0.1) is 10.6 Å². The molecule has 38 heavy (non-hydrogen) atoms. The summed E-state index contributed by atoms with van der Waals surface area (Å²) in [6.07, 6.45) is 11.5. The lowest BCUT2D eigenvalue weighted by Crippen LogP contribution is -2.33. The summed E-state index contributed by atoms with van der Waals surface area (Å²) in [4.78, 5) is 8.92. The van der Waals surface area contributed by atoms with E-state index in [2.05, 4.69) is 26.5 Å². The van der Waals surface area contributed by atoms with Crippen LogP contribution in [0.15, 0.2) is 115 Å². The normalized spacial score (nSPS) is 14.1. The summed E-state index contributed by atoms with van der Waals surface area (Å²) in [5, 5.41) is 7.97. The van der Waals surface area contributed by atoms with Crippen molar-refractivity contribution in [2.75, 3.05) is 5.32 Å². The summed E-state index contributed by atoms with van der Waals surface area (Å²) < 4.78 is 29.2. The molecule has 0 atom stereocenters. The molecule has 3 aromatic heterocycles. The number of pyridine rings is 2. The fourth-order valence-corrected chi connectivity index (χ4v) is 6.23. The summed E-state index contributed by atoms with van der Waals surface area (Å²) in [7, 11) is -3.98. The quantitative estimate of drug-likeness (QED) is 0.318. The van der Waals surface area contributed by atoms with Crippen molar-refractivity contribution in [2.45, 2.75) is 23.7 Å². The van der Waals surface area contributed by atoms with Crippen molar-refractivity contribution in [1.29, 1.82) is 0 Å². The molecule has 0 saturated carbocycles. The van der Waals surface area contributed by atoms with Crippen LogP contribution in [0.4, 0.5) is 11.5 Å². The SMILES string of the molecule is Cc1ccc(S(=O)(=O)n2nc(Nc3ccccc3)c3c2CC(c2cccnc2)(c2cccnc2)C=C3)cc1. The van der Waals surface area contributed by atoms with Crippen LogP contribution >= 0.6 is 0 Å². The zero-order chi connectivity index (χ0) is 26.2. The molecule has 5 aromatic rings. The molecule has 0 aliphatic heterocycles. The van der Waals surface area contributed by atoms with E-state index in [9.17, 15) is 8.42 Å². The minimum atomic E-state index is -3.98. The Morgan fingerprint density at radius 3 is 2.11 bits per heavy atom. The highest BCUT2D eigenvalue weighted by Gasteiger charge is 2.40. The molecule has 3 heterocycles. The van der Waals surface area contributed by atoms with E-state index >= 15 is 0 Å². The van der Waals surface area contributed by atoms with Crippen molar-refractivity contribution < 1.29 is 8.42 Å². The predicted molar refractivity (Wildman–Crippen MR) is 148 cm³/mol. The van der Waals surface area contributed by atoms with Gasteiger partial charge in [-0.2, -0.15) is 12.5 Å². The van der Waals surface area contributed by atoms with Crippen LogP contribution in [0.3, 0.4) is 0 Å². The highest BCUT2D eigenvalue weighted by molar-refractivity contribution is 7.89. The molecule has 1 N–H and O–H groups in total. The van der Waals surface area contributed by atoms with E-state index in [1.807, 2.05) is 80.0 Å². The molecular weight excluding hydrogens is 494 g/mol. The Morgan fingerprint density at radius 1 is 0.842 bits per heavy atom. The molecule has 0 spiro atoms. The third kappa shape index (κ3) is 4.09. The number of fused-ring (bicyclic) bond motifs is 1. The van der Waals surface area contributed by atoms with E-state index in [1.54, 1.807) is 36.7 Å². The Hall–Kier alpha value is -4.56. The number of nitrogens with zero attached hydrogens (tertiary/aromatic N) is 4. The first-order valence-electron chi connectivity index (χ1n) is 12.2. The zero-order valence-electron chi connectivity index (χ0n) is 20.7. The molecule has 188 valence electrons. The molecular formula is C30H25N5O2S. The standard InChI is InChI=1S/C30H25N5O2S/c1-22-11-13-26(14-12-22)38(36,37)35-28-19-30(23-7-5-17-31-20-23,24-8-6-18-32-21-24)16-15-27(28)29(34-35)33-25-9-3-2-4-10-25/h2-18,20-21H,19H2,1H3,(H,33,34). The minimum Gasteiger partial charge on any atom is -0.338 e. The van der Waals surface area contributed by atoms with Crippen molar-refractivity contribution in [3.05, 3.63) is 138 Å². The van der Waals surface area contributed by atoms with Gasteiger partial charge in [-0.25, -0.2) is 0 Å². The van der Waals surface area contributed by atoms with E-state index in [0.717, 1.165) is 27.9 Å². The summed E-state index contributed by atoms with van der Waals surface area (Å²) >= 11 is 0. The molecule has 6 rings (SSSR count). The summed E-state index contributed by atoms with van der Waals surface area (Å²) in [5.74, 6) is 0.476. The smallest absolute Gasteiger partial charge is 0.283 e. The number of benzene rings is 2. The average molecular weight is 520 g/mol. The number of hydrogen-bond donors (Lipinski definition) is 1. The number of aromatic nitrogens is 4. The fraction of sp³-hybridized carbons (Fsp3) is 0.100. The van der Waals surface area contributed by atoms with Gasteiger partial charge >= 0.3 is 0 Å². The van der Waals surface area contributed by atoms with Crippen LogP contribution in [-0.4, -0.2) is 27.6 Å². The van der Waals surface area contributed by atoms with E-state index in [1.165, 1.54) is 4.09 Å². The van der Waals surface area contributed by atoms with Crippen molar-refractivity contribution in [2.24, 2.45) is 0 Å². The molecule has 8 heteroatoms. The third-order valence-electron chi connectivity index (χ3n) is 6.90. The van der Waals surface area contributed by atoms with E-state index in [0.29, 0.717) is 17.9 Å². The van der Waals surface area contributed by atoms with E-state index in [4.69, 9.17) is 0 Å². The first kappa shape index (κ1) is 23.8. The molecule has 0 amide bonds. The Morgan fingerprint density at radius 2 is 1.50 bits per heavy atom. The summed E-state index contributed by atoms with van der Waals surface area (Å²) in [5.41, 5.74) is 4.30. The summed E-state index contributed by atoms with van der Waals surface area (Å²) in [6.45, 7) is 1.93. The highest BCUT2D eigenvalue weighted by atomic mass is 32.2. The van der Waals surface area contributed by atoms with Crippen molar-refractivity contribution >= 4 is 27.6 Å². The van der Waals surface area contributed by atoms with Gasteiger partial charge < -0.3 is 5.32 Å². The number of nitrogens with one attached hydrogen (secondary N) is 1. The van der Waals surface area contributed by atoms with Gasteiger partial charge in [-0.1, -0.05) is 60.2 Å². The molecule has 0 fully saturated rings. The van der Waals surface area contributed by atoms with Crippen LogP contribution < -0.4 is 5.32 Å². The Kier molecular flexibility index (Phi) is 5.88. The number of rotatable bonds is 6. The number of hydrogen-bond acceptors (Lipinski definition) is 6. The molecule has 0 saturated heterocycles. The second-order valence-electron chi connectivity index (χ2n) is 9.33. The van der Waals surface area contributed by atoms with Gasteiger partial charge in [0, 0.05) is 47.9 Å². The Bertz CT molecular complexity index is 1680. The average Bonchev–Trinajstić information content (AvgIpc) is 3.32. The van der Waals surface area contributed by atoms with Crippen LogP contribution in [-0.2, 0) is 21.9 Å². The molecule has 0 radical (unpaired) electrons. The van der Waals surface area contributed by atoms with Crippen LogP contribution in [0, 0.1) is 6.92 Å². The van der Waals surface area contributed by atoms with Gasteiger partial charge in [-0.05, 0) is 54.4 Å². The maximum atomic E-state index is 14.0. The molecule has 1 aliphatic rings. The van der Waals surface area contributed by atoms with Gasteiger partial charge in [0.2, 0.25) is 0 Å². The van der Waals surface area contributed by atoms with Gasteiger partial charge in [-0.3, -0.25) is 9.97 Å². The molecule has 0 bridgehead atoms. The summed E-state index contributed by atoms with van der Waals surface area (Å²) in [6, 6.07) is 24.2. The Labute approximate surface area is 221 Å². The third-order valence-corrected chi connectivity index (χ3v) is 8.53. The van der Waals surface area contributed by atoms with Crippen LogP contribution in [0.1, 0.15) is 27.9 Å². The zero-order valence-corrected chi connectivity index (χ0v) is 21.5. The maximum Gasteiger partial charge on any atom is 0.283 e. The largest absolute Gasteiger partial charge is 0.338 e. The lowest BCUT2D eigenvalue weighted by molar-refractivity contribution is 0.564. The van der Waals surface area contributed by atoms with Crippen LogP contribution in [0.2, 0.25) is 0 Å². The van der Waals surface area contributed by atoms with E-state index in [-0.39, 0.29) is 4.90 Å². The second-order valence-corrected chi connectivity index (χ2v) is 11.1. The van der Waals surface area contributed by atoms with Gasteiger partial charge in [0.25, 0.3) is 10.0 Å². The topological polar surface area (TPSA) is 89.8 Å². The first-order valence-corrected chi connectivity index (χ1v) is 13.7. The lowest BCUT2D eigenvalue weighted by atomic mass is 9.69. The van der Waals surface area contributed by atoms with E-state index < -0.39 is 15.4 Å². The van der Waals surface area contributed by atoms with Gasteiger partial charge in [0.1, 0.15) is 0 Å². The molecule has 1 aliphatic carbocycles. The minimum absolute atomic E-state index is 0.183. The number of para-hydroxylation sites is 1. The molecule has 0 unspecified atom stereocenters. The highest BCUT2D eigenvalue weighted by Crippen LogP contribution is 2.43. The molecule has 7 nitrogen and oxygen atoms in total. The van der Waals surface area contributed by atoms with Crippen molar-refractivity contribution in [3.8, 4) is 0 Å². The monoisotopic (exact) mass is 519 g/mol. The lowest BCUT2D eigenvalue weighted by Gasteiger charge is -2.34. The van der Waals surface area contributed by atoms with Crippen LogP contribution in [0.5, 0.6) is 0 Å². The van der Waals surface area contributed by atoms with Gasteiger partial charge in [-0.15, -0.1) is 5.10 Å². The number of aryl methyl sites for hydroxylation is 1. The van der Waals surface area contributed by atoms with Crippen molar-refractivity contribution in [3.63, 3.8) is 0 Å². The first-order chi connectivity index (χ1) is 18.5. The maximum absolute atomic E-state index is 14.0. The number of allylic oxidation sites excluding steroid dienone is 1. The number of anilines is 2. The fourth-order valence-electron chi connectivity index (χ4n) is 4.91. The Balaban J connectivity index is 1.57.